The second-order valence-electron chi connectivity index (χ2n) is 8.21. The van der Waals surface area contributed by atoms with Crippen molar-refractivity contribution in [3.05, 3.63) is 90.6 Å². The summed E-state index contributed by atoms with van der Waals surface area (Å²) < 4.78 is 0. The van der Waals surface area contributed by atoms with Crippen LogP contribution in [0.4, 0.5) is 23.0 Å². The number of rotatable bonds is 5. The van der Waals surface area contributed by atoms with Crippen molar-refractivity contribution < 1.29 is 0 Å². The molecule has 0 aliphatic rings. The van der Waals surface area contributed by atoms with Crippen LogP contribution in [-0.4, -0.2) is 30.1 Å². The van der Waals surface area contributed by atoms with Gasteiger partial charge in [0.15, 0.2) is 5.65 Å². The Bertz CT molecular complexity index is 1770. The van der Waals surface area contributed by atoms with Crippen LogP contribution in [0.25, 0.3) is 33.1 Å². The highest BCUT2D eigenvalue weighted by Gasteiger charge is 2.16. The molecule has 0 unspecified atom stereocenters. The molecule has 0 aliphatic carbocycles. The fourth-order valence-electron chi connectivity index (χ4n) is 4.19. The molecule has 0 atom stereocenters. The van der Waals surface area contributed by atoms with Crippen molar-refractivity contribution in [1.29, 1.82) is 5.26 Å². The molecule has 9 nitrogen and oxygen atoms in total. The first kappa shape index (κ1) is 21.2. The molecule has 172 valence electrons. The van der Waals surface area contributed by atoms with Crippen LogP contribution in [-0.2, 0) is 0 Å². The molecule has 0 radical (unpaired) electrons. The highest BCUT2D eigenvalue weighted by molar-refractivity contribution is 6.04. The van der Waals surface area contributed by atoms with Gasteiger partial charge in [-0.1, -0.05) is 12.1 Å². The average Bonchev–Trinajstić information content (AvgIpc) is 3.40. The molecule has 6 aromatic rings. The Morgan fingerprint density at radius 3 is 2.53 bits per heavy atom. The number of aromatic nitrogens is 6. The summed E-state index contributed by atoms with van der Waals surface area (Å²) in [5.41, 5.74) is 5.70. The smallest absolute Gasteiger partial charge is 0.159 e. The van der Waals surface area contributed by atoms with Gasteiger partial charge in [0.1, 0.15) is 18.0 Å². The number of anilines is 4. The zero-order valence-electron chi connectivity index (χ0n) is 19.2. The van der Waals surface area contributed by atoms with Gasteiger partial charge in [-0.25, -0.2) is 19.9 Å². The molecule has 0 saturated carbocycles. The van der Waals surface area contributed by atoms with Gasteiger partial charge in [0.25, 0.3) is 0 Å². The predicted molar refractivity (Wildman–Crippen MR) is 139 cm³/mol. The van der Waals surface area contributed by atoms with Crippen LogP contribution in [0.2, 0.25) is 0 Å². The molecule has 0 spiro atoms. The van der Waals surface area contributed by atoms with Crippen molar-refractivity contribution in [2.24, 2.45) is 0 Å². The van der Waals surface area contributed by atoms with Gasteiger partial charge >= 0.3 is 0 Å². The van der Waals surface area contributed by atoms with E-state index in [1.165, 1.54) is 6.33 Å². The minimum Gasteiger partial charge on any atom is -0.340 e. The van der Waals surface area contributed by atoms with Crippen molar-refractivity contribution in [2.45, 2.75) is 6.92 Å². The van der Waals surface area contributed by atoms with Gasteiger partial charge in [-0.05, 0) is 55.0 Å². The first-order valence-electron chi connectivity index (χ1n) is 11.2. The third-order valence-corrected chi connectivity index (χ3v) is 5.98. The van der Waals surface area contributed by atoms with E-state index in [1.54, 1.807) is 30.7 Å². The largest absolute Gasteiger partial charge is 0.340 e. The lowest BCUT2D eigenvalue weighted by atomic mass is 10.0. The summed E-state index contributed by atoms with van der Waals surface area (Å²) in [6.45, 7) is 2.05. The number of H-pyrrole nitrogens is 1. The van der Waals surface area contributed by atoms with E-state index in [-0.39, 0.29) is 0 Å². The van der Waals surface area contributed by atoms with Crippen LogP contribution in [0.15, 0.2) is 79.5 Å². The summed E-state index contributed by atoms with van der Waals surface area (Å²) >= 11 is 0. The number of fused-ring (bicyclic) bond motifs is 2. The third-order valence-electron chi connectivity index (χ3n) is 5.98. The maximum atomic E-state index is 9.06. The van der Waals surface area contributed by atoms with Gasteiger partial charge in [0.2, 0.25) is 0 Å². The number of aryl methyl sites for hydroxylation is 1. The molecule has 6 rings (SSSR count). The van der Waals surface area contributed by atoms with Crippen LogP contribution < -0.4 is 10.6 Å². The number of hydrogen-bond donors (Lipinski definition) is 3. The Balaban J connectivity index is 1.43. The minimum absolute atomic E-state index is 0.607. The summed E-state index contributed by atoms with van der Waals surface area (Å²) in [5, 5.41) is 25.8. The minimum atomic E-state index is 0.607. The number of nitriles is 1. The zero-order chi connectivity index (χ0) is 24.5. The molecule has 2 aromatic carbocycles. The molecule has 4 heterocycles. The molecule has 0 bridgehead atoms. The van der Waals surface area contributed by atoms with E-state index in [0.29, 0.717) is 17.0 Å². The summed E-state index contributed by atoms with van der Waals surface area (Å²) in [6.07, 6.45) is 6.76. The Morgan fingerprint density at radius 2 is 1.67 bits per heavy atom. The van der Waals surface area contributed by atoms with Gasteiger partial charge in [-0.2, -0.15) is 10.4 Å². The molecule has 3 N–H and O–H groups in total. The van der Waals surface area contributed by atoms with Crippen molar-refractivity contribution >= 4 is 44.8 Å². The topological polar surface area (TPSA) is 128 Å². The third kappa shape index (κ3) is 3.73. The quantitative estimate of drug-likeness (QED) is 0.296. The number of nitrogens with one attached hydrogen (secondary N) is 3. The Kier molecular flexibility index (Phi) is 5.16. The lowest BCUT2D eigenvalue weighted by molar-refractivity contribution is 1.09. The Morgan fingerprint density at radius 1 is 0.806 bits per heavy atom. The van der Waals surface area contributed by atoms with Gasteiger partial charge in [0, 0.05) is 34.4 Å². The van der Waals surface area contributed by atoms with E-state index in [2.05, 4.69) is 59.8 Å². The summed E-state index contributed by atoms with van der Waals surface area (Å²) in [4.78, 5) is 18.0. The van der Waals surface area contributed by atoms with Crippen molar-refractivity contribution in [2.75, 3.05) is 10.6 Å². The molecule has 36 heavy (non-hydrogen) atoms. The number of benzene rings is 2. The van der Waals surface area contributed by atoms with E-state index in [9.17, 15) is 0 Å². The van der Waals surface area contributed by atoms with Gasteiger partial charge in [-0.3, -0.25) is 5.10 Å². The molecular weight excluding hydrogens is 450 g/mol. The Hall–Kier alpha value is -5.36. The van der Waals surface area contributed by atoms with Gasteiger partial charge in [0.05, 0.1) is 34.6 Å². The number of hydrogen-bond acceptors (Lipinski definition) is 8. The normalized spacial score (nSPS) is 10.9. The van der Waals surface area contributed by atoms with Crippen molar-refractivity contribution in [3.8, 4) is 17.3 Å². The standard InChI is InChI=1S/C27H19N9/c1-16-4-9-20-19(10-12-30-25(20)34-18-7-5-17(13-28)6-8-18)23(16)35-26-21(3-2-11-29-26)24-22-14-33-36-27(22)32-15-31-24/h2-12,14-15H,1H3,(H,29,35)(H,30,34)(H,31,32,33,36). The lowest BCUT2D eigenvalue weighted by Crippen LogP contribution is -2.01. The molecule has 0 saturated heterocycles. The summed E-state index contributed by atoms with van der Waals surface area (Å²) in [6, 6.07) is 19.4. The molecule has 0 aliphatic heterocycles. The maximum absolute atomic E-state index is 9.06. The van der Waals surface area contributed by atoms with Gasteiger partial charge < -0.3 is 10.6 Å². The predicted octanol–water partition coefficient (Wildman–Crippen LogP) is 5.63. The first-order chi connectivity index (χ1) is 17.7. The van der Waals surface area contributed by atoms with Crippen LogP contribution in [0.1, 0.15) is 11.1 Å². The molecular formula is C27H19N9. The Labute approximate surface area is 205 Å². The van der Waals surface area contributed by atoms with Crippen molar-refractivity contribution in [3.63, 3.8) is 0 Å². The van der Waals surface area contributed by atoms with Crippen molar-refractivity contribution in [1.82, 2.24) is 30.1 Å². The fraction of sp³-hybridized carbons (Fsp3) is 0.0370. The van der Waals surface area contributed by atoms with Crippen LogP contribution in [0, 0.1) is 18.3 Å². The number of nitrogens with zero attached hydrogens (tertiary/aromatic N) is 6. The lowest BCUT2D eigenvalue weighted by Gasteiger charge is -2.17. The van der Waals surface area contributed by atoms with Crippen LogP contribution in [0.5, 0.6) is 0 Å². The molecule has 4 aromatic heterocycles. The summed E-state index contributed by atoms with van der Waals surface area (Å²) in [5.74, 6) is 1.39. The fourth-order valence-corrected chi connectivity index (χ4v) is 4.19. The monoisotopic (exact) mass is 469 g/mol. The molecule has 9 heteroatoms. The zero-order valence-corrected chi connectivity index (χ0v) is 19.2. The van der Waals surface area contributed by atoms with E-state index in [1.807, 2.05) is 36.4 Å². The second kappa shape index (κ2) is 8.77. The number of aromatic amines is 1. The van der Waals surface area contributed by atoms with Crippen LogP contribution in [0.3, 0.4) is 0 Å². The average molecular weight is 470 g/mol. The van der Waals surface area contributed by atoms with E-state index < -0.39 is 0 Å². The SMILES string of the molecule is Cc1ccc2c(Nc3ccc(C#N)cc3)nccc2c1Nc1ncccc1-c1ncnc2[nH]ncc12. The first-order valence-corrected chi connectivity index (χ1v) is 11.2. The van der Waals surface area contributed by atoms with Gasteiger partial charge in [-0.15, -0.1) is 0 Å². The maximum Gasteiger partial charge on any atom is 0.159 e. The molecule has 0 fully saturated rings. The van der Waals surface area contributed by atoms with E-state index in [4.69, 9.17) is 5.26 Å². The van der Waals surface area contributed by atoms with E-state index in [0.717, 1.165) is 50.2 Å². The molecule has 0 amide bonds. The summed E-state index contributed by atoms with van der Waals surface area (Å²) in [7, 11) is 0. The second-order valence-corrected chi connectivity index (χ2v) is 8.21. The highest BCUT2D eigenvalue weighted by atomic mass is 15.1. The van der Waals surface area contributed by atoms with Crippen LogP contribution >= 0.6 is 0 Å². The highest BCUT2D eigenvalue weighted by Crippen LogP contribution is 2.36. The van der Waals surface area contributed by atoms with E-state index >= 15 is 0 Å². The number of pyridine rings is 2.